The van der Waals surface area contributed by atoms with E-state index in [0.29, 0.717) is 6.54 Å². The minimum atomic E-state index is -0.402. The number of piperidine rings is 1. The van der Waals surface area contributed by atoms with Gasteiger partial charge >= 0.3 is 0 Å². The lowest BCUT2D eigenvalue weighted by Crippen LogP contribution is -2.48. The SMILES string of the molecule is I.O=[N+]([O-])c1ccc(CN=C(NCC2CCCO2)N2CCC(O)CC2)cc1. The molecular weight excluding hydrogens is 463 g/mol. The number of nitrogens with one attached hydrogen (secondary N) is 1. The molecule has 2 aliphatic rings. The molecule has 0 radical (unpaired) electrons. The highest BCUT2D eigenvalue weighted by molar-refractivity contribution is 14.0. The molecule has 3 rings (SSSR count). The molecule has 0 bridgehead atoms. The van der Waals surface area contributed by atoms with Crippen LogP contribution in [0.25, 0.3) is 0 Å². The molecule has 0 saturated carbocycles. The fourth-order valence-electron chi connectivity index (χ4n) is 3.25. The van der Waals surface area contributed by atoms with Gasteiger partial charge in [-0.05, 0) is 31.2 Å². The number of guanidine groups is 1. The molecule has 150 valence electrons. The highest BCUT2D eigenvalue weighted by Crippen LogP contribution is 2.15. The Balaban J connectivity index is 0.00000261. The molecule has 0 spiro atoms. The van der Waals surface area contributed by atoms with E-state index in [1.807, 2.05) is 0 Å². The van der Waals surface area contributed by atoms with Gasteiger partial charge in [0.15, 0.2) is 5.96 Å². The van der Waals surface area contributed by atoms with Crippen LogP contribution in [-0.2, 0) is 11.3 Å². The number of halogens is 1. The summed E-state index contributed by atoms with van der Waals surface area (Å²) in [4.78, 5) is 17.2. The second-order valence-corrected chi connectivity index (χ2v) is 6.80. The third-order valence-electron chi connectivity index (χ3n) is 4.83. The van der Waals surface area contributed by atoms with Crippen LogP contribution in [0.3, 0.4) is 0 Å². The minimum absolute atomic E-state index is 0. The predicted molar refractivity (Wildman–Crippen MR) is 113 cm³/mol. The first-order chi connectivity index (χ1) is 12.6. The van der Waals surface area contributed by atoms with Crippen molar-refractivity contribution in [3.8, 4) is 0 Å². The van der Waals surface area contributed by atoms with Crippen LogP contribution in [0.5, 0.6) is 0 Å². The zero-order valence-electron chi connectivity index (χ0n) is 15.2. The Bertz CT molecular complexity index is 627. The van der Waals surface area contributed by atoms with Crippen molar-refractivity contribution in [2.24, 2.45) is 4.99 Å². The van der Waals surface area contributed by atoms with E-state index in [2.05, 4.69) is 10.2 Å². The van der Waals surface area contributed by atoms with E-state index < -0.39 is 4.92 Å². The van der Waals surface area contributed by atoms with Gasteiger partial charge in [0.25, 0.3) is 5.69 Å². The summed E-state index contributed by atoms with van der Waals surface area (Å²) < 4.78 is 5.67. The zero-order chi connectivity index (χ0) is 18.4. The highest BCUT2D eigenvalue weighted by Gasteiger charge is 2.22. The molecule has 27 heavy (non-hydrogen) atoms. The Hall–Kier alpha value is -1.46. The van der Waals surface area contributed by atoms with Gasteiger partial charge in [-0.25, -0.2) is 4.99 Å². The second kappa shape index (κ2) is 10.8. The average Bonchev–Trinajstić information content (AvgIpc) is 3.17. The Morgan fingerprint density at radius 3 is 2.59 bits per heavy atom. The number of aliphatic hydroxyl groups is 1. The van der Waals surface area contributed by atoms with Crippen LogP contribution in [0.4, 0.5) is 5.69 Å². The van der Waals surface area contributed by atoms with Crippen molar-refractivity contribution >= 4 is 35.6 Å². The first-order valence-corrected chi connectivity index (χ1v) is 9.18. The van der Waals surface area contributed by atoms with Crippen LogP contribution in [0.2, 0.25) is 0 Å². The van der Waals surface area contributed by atoms with E-state index in [-0.39, 0.29) is 41.9 Å². The Morgan fingerprint density at radius 1 is 1.30 bits per heavy atom. The third kappa shape index (κ3) is 6.58. The van der Waals surface area contributed by atoms with Gasteiger partial charge in [0.05, 0.1) is 23.7 Å². The summed E-state index contributed by atoms with van der Waals surface area (Å²) >= 11 is 0. The molecule has 8 nitrogen and oxygen atoms in total. The topological polar surface area (TPSA) is 100 Å². The number of rotatable bonds is 5. The van der Waals surface area contributed by atoms with Crippen molar-refractivity contribution in [3.63, 3.8) is 0 Å². The average molecular weight is 490 g/mol. The van der Waals surface area contributed by atoms with Crippen LogP contribution >= 0.6 is 24.0 Å². The molecule has 1 unspecified atom stereocenters. The van der Waals surface area contributed by atoms with E-state index in [1.165, 1.54) is 12.1 Å². The zero-order valence-corrected chi connectivity index (χ0v) is 17.6. The summed E-state index contributed by atoms with van der Waals surface area (Å²) in [6, 6.07) is 6.47. The van der Waals surface area contributed by atoms with Gasteiger partial charge in [0, 0.05) is 38.4 Å². The second-order valence-electron chi connectivity index (χ2n) is 6.80. The number of benzene rings is 1. The molecule has 2 aliphatic heterocycles. The quantitative estimate of drug-likeness (QED) is 0.216. The number of aliphatic hydroxyl groups excluding tert-OH is 1. The largest absolute Gasteiger partial charge is 0.393 e. The third-order valence-corrected chi connectivity index (χ3v) is 4.83. The van der Waals surface area contributed by atoms with Crippen molar-refractivity contribution in [1.29, 1.82) is 0 Å². The molecule has 1 atom stereocenters. The number of aliphatic imine (C=N–C) groups is 1. The monoisotopic (exact) mass is 490 g/mol. The Morgan fingerprint density at radius 2 is 2.00 bits per heavy atom. The van der Waals surface area contributed by atoms with E-state index in [1.54, 1.807) is 12.1 Å². The fourth-order valence-corrected chi connectivity index (χ4v) is 3.25. The van der Waals surface area contributed by atoms with Gasteiger partial charge in [-0.2, -0.15) is 0 Å². The summed E-state index contributed by atoms with van der Waals surface area (Å²) in [7, 11) is 0. The normalized spacial score (nSPS) is 21.0. The lowest BCUT2D eigenvalue weighted by Gasteiger charge is -2.33. The molecule has 0 aromatic heterocycles. The molecule has 2 fully saturated rings. The maximum Gasteiger partial charge on any atom is 0.269 e. The molecule has 1 aromatic rings. The summed E-state index contributed by atoms with van der Waals surface area (Å²) in [6.45, 7) is 3.51. The summed E-state index contributed by atoms with van der Waals surface area (Å²) in [5, 5.41) is 23.9. The van der Waals surface area contributed by atoms with E-state index in [4.69, 9.17) is 9.73 Å². The van der Waals surface area contributed by atoms with Crippen molar-refractivity contribution in [2.45, 2.75) is 44.4 Å². The van der Waals surface area contributed by atoms with Crippen LogP contribution < -0.4 is 5.32 Å². The standard InChI is InChI=1S/C18H26N4O4.HI/c23-16-7-9-21(10-8-16)18(20-13-17-2-1-11-26-17)19-12-14-3-5-15(6-4-14)22(24)25;/h3-6,16-17,23H,1-2,7-13H2,(H,19,20);1H. The molecule has 0 aliphatic carbocycles. The number of nitrogens with zero attached hydrogens (tertiary/aromatic N) is 3. The first kappa shape index (κ1) is 21.8. The van der Waals surface area contributed by atoms with Crippen molar-refractivity contribution in [3.05, 3.63) is 39.9 Å². The maximum atomic E-state index is 10.8. The van der Waals surface area contributed by atoms with Gasteiger partial charge in [0.2, 0.25) is 0 Å². The summed E-state index contributed by atoms with van der Waals surface area (Å²) in [5.41, 5.74) is 1.00. The van der Waals surface area contributed by atoms with Crippen molar-refractivity contribution < 1.29 is 14.8 Å². The van der Waals surface area contributed by atoms with Gasteiger partial charge in [-0.15, -0.1) is 24.0 Å². The number of nitro benzene ring substituents is 1. The van der Waals surface area contributed by atoms with Gasteiger partial charge in [-0.3, -0.25) is 10.1 Å². The number of hydrogen-bond donors (Lipinski definition) is 2. The van der Waals surface area contributed by atoms with Gasteiger partial charge < -0.3 is 20.1 Å². The smallest absolute Gasteiger partial charge is 0.269 e. The molecule has 2 heterocycles. The molecule has 9 heteroatoms. The number of ether oxygens (including phenoxy) is 1. The summed E-state index contributed by atoms with van der Waals surface area (Å²) in [5.74, 6) is 0.811. The number of likely N-dealkylation sites (tertiary alicyclic amines) is 1. The predicted octanol–water partition coefficient (Wildman–Crippen LogP) is 2.29. The van der Waals surface area contributed by atoms with Crippen LogP contribution in [-0.4, -0.2) is 59.3 Å². The molecule has 0 amide bonds. The van der Waals surface area contributed by atoms with E-state index in [9.17, 15) is 15.2 Å². The summed E-state index contributed by atoms with van der Waals surface area (Å²) in [6.07, 6.45) is 3.60. The molecule has 2 N–H and O–H groups in total. The number of non-ortho nitro benzene ring substituents is 1. The van der Waals surface area contributed by atoms with Crippen LogP contribution in [0.1, 0.15) is 31.2 Å². The minimum Gasteiger partial charge on any atom is -0.393 e. The lowest BCUT2D eigenvalue weighted by molar-refractivity contribution is -0.384. The van der Waals surface area contributed by atoms with Gasteiger partial charge in [0.1, 0.15) is 0 Å². The molecular formula is C18H27IN4O4. The van der Waals surface area contributed by atoms with Crippen LogP contribution in [0, 0.1) is 10.1 Å². The number of nitro groups is 1. The van der Waals surface area contributed by atoms with Crippen LogP contribution in [0.15, 0.2) is 29.3 Å². The Kier molecular flexibility index (Phi) is 8.71. The maximum absolute atomic E-state index is 10.8. The highest BCUT2D eigenvalue weighted by atomic mass is 127. The number of hydrogen-bond acceptors (Lipinski definition) is 5. The lowest BCUT2D eigenvalue weighted by atomic mass is 10.1. The molecule has 1 aromatic carbocycles. The molecule has 2 saturated heterocycles. The van der Waals surface area contributed by atoms with E-state index >= 15 is 0 Å². The Labute approximate surface area is 176 Å². The van der Waals surface area contributed by atoms with Crippen molar-refractivity contribution in [1.82, 2.24) is 10.2 Å². The first-order valence-electron chi connectivity index (χ1n) is 9.18. The van der Waals surface area contributed by atoms with Crippen molar-refractivity contribution in [2.75, 3.05) is 26.2 Å². The van der Waals surface area contributed by atoms with Gasteiger partial charge in [-0.1, -0.05) is 12.1 Å². The van der Waals surface area contributed by atoms with E-state index in [0.717, 1.165) is 63.4 Å². The fraction of sp³-hybridized carbons (Fsp3) is 0.611.